The first-order valence-electron chi connectivity index (χ1n) is 7.67. The van der Waals surface area contributed by atoms with Gasteiger partial charge in [0, 0.05) is 6.20 Å². The lowest BCUT2D eigenvalue weighted by molar-refractivity contribution is 0.597. The van der Waals surface area contributed by atoms with Crippen molar-refractivity contribution in [1.29, 1.82) is 0 Å². The van der Waals surface area contributed by atoms with Crippen molar-refractivity contribution in [3.05, 3.63) is 48.6 Å². The Bertz CT molecular complexity index is 1050. The molecule has 24 heavy (non-hydrogen) atoms. The number of allylic oxidation sites excluding steroid dienone is 1. The molecule has 1 aliphatic rings. The maximum atomic E-state index is 12.9. The van der Waals surface area contributed by atoms with Crippen molar-refractivity contribution in [3.8, 4) is 0 Å². The number of anilines is 1. The van der Waals surface area contributed by atoms with Crippen LogP contribution in [-0.4, -0.2) is 23.4 Å². The van der Waals surface area contributed by atoms with Gasteiger partial charge in [-0.05, 0) is 37.0 Å². The predicted octanol–water partition coefficient (Wildman–Crippen LogP) is 2.80. The molecule has 0 aliphatic heterocycles. The fourth-order valence-corrected chi connectivity index (χ4v) is 4.12. The number of benzene rings is 1. The lowest BCUT2D eigenvalue weighted by Crippen LogP contribution is -2.05. The first-order valence-corrected chi connectivity index (χ1v) is 9.15. The van der Waals surface area contributed by atoms with E-state index >= 15 is 0 Å². The van der Waals surface area contributed by atoms with Gasteiger partial charge in [0.15, 0.2) is 0 Å². The van der Waals surface area contributed by atoms with Gasteiger partial charge in [0.25, 0.3) is 0 Å². The summed E-state index contributed by atoms with van der Waals surface area (Å²) in [6.07, 6.45) is 9.26. The van der Waals surface area contributed by atoms with Crippen LogP contribution in [0.1, 0.15) is 18.5 Å². The van der Waals surface area contributed by atoms with E-state index in [9.17, 15) is 8.42 Å². The second-order valence-corrected chi connectivity index (χ2v) is 7.76. The third kappa shape index (κ3) is 2.46. The SMILES string of the molecule is Nc1ccccc1S(=O)(=O)c1c[nH]c2c(/C=C/C3CC3)ncnc12. The van der Waals surface area contributed by atoms with Crippen molar-refractivity contribution in [2.24, 2.45) is 5.92 Å². The van der Waals surface area contributed by atoms with Gasteiger partial charge in [-0.25, -0.2) is 18.4 Å². The molecule has 1 fully saturated rings. The Kier molecular flexibility index (Phi) is 3.38. The minimum absolute atomic E-state index is 0.0829. The summed E-state index contributed by atoms with van der Waals surface area (Å²) in [4.78, 5) is 11.6. The highest BCUT2D eigenvalue weighted by atomic mass is 32.2. The van der Waals surface area contributed by atoms with Crippen LogP contribution >= 0.6 is 0 Å². The van der Waals surface area contributed by atoms with Gasteiger partial charge in [0.2, 0.25) is 9.84 Å². The molecule has 1 aromatic carbocycles. The molecular formula is C17H16N4O2S. The van der Waals surface area contributed by atoms with Gasteiger partial charge in [0.1, 0.15) is 16.7 Å². The van der Waals surface area contributed by atoms with E-state index in [1.165, 1.54) is 31.4 Å². The van der Waals surface area contributed by atoms with Crippen LogP contribution in [0.25, 0.3) is 17.1 Å². The Balaban J connectivity index is 1.86. The molecule has 0 amide bonds. The molecule has 4 rings (SSSR count). The van der Waals surface area contributed by atoms with Gasteiger partial charge in [-0.1, -0.05) is 18.2 Å². The number of sulfone groups is 1. The van der Waals surface area contributed by atoms with Gasteiger partial charge in [-0.15, -0.1) is 0 Å². The van der Waals surface area contributed by atoms with Crippen molar-refractivity contribution in [2.45, 2.75) is 22.6 Å². The monoisotopic (exact) mass is 340 g/mol. The molecule has 122 valence electrons. The molecule has 2 heterocycles. The fourth-order valence-electron chi connectivity index (χ4n) is 2.63. The van der Waals surface area contributed by atoms with Crippen LogP contribution in [0.4, 0.5) is 5.69 Å². The minimum atomic E-state index is -3.76. The van der Waals surface area contributed by atoms with E-state index in [2.05, 4.69) is 21.0 Å². The zero-order valence-corrected chi connectivity index (χ0v) is 13.6. The number of aromatic amines is 1. The topological polar surface area (TPSA) is 102 Å². The number of nitrogens with two attached hydrogens (primary N) is 1. The Morgan fingerprint density at radius 2 is 1.96 bits per heavy atom. The van der Waals surface area contributed by atoms with Crippen molar-refractivity contribution < 1.29 is 8.42 Å². The van der Waals surface area contributed by atoms with E-state index in [-0.39, 0.29) is 15.5 Å². The number of nitrogens with zero attached hydrogens (tertiary/aromatic N) is 2. The predicted molar refractivity (Wildman–Crippen MR) is 92.0 cm³/mol. The van der Waals surface area contributed by atoms with Crippen LogP contribution in [0, 0.1) is 5.92 Å². The molecule has 3 N–H and O–H groups in total. The summed E-state index contributed by atoms with van der Waals surface area (Å²) in [6.45, 7) is 0. The number of nitrogen functional groups attached to an aromatic ring is 1. The molecular weight excluding hydrogens is 324 g/mol. The van der Waals surface area contributed by atoms with Crippen LogP contribution in [0.3, 0.4) is 0 Å². The lowest BCUT2D eigenvalue weighted by atomic mass is 10.2. The molecule has 0 saturated heterocycles. The molecule has 3 aromatic rings. The molecule has 0 bridgehead atoms. The normalized spacial score (nSPS) is 15.3. The summed E-state index contributed by atoms with van der Waals surface area (Å²) in [6, 6.07) is 6.42. The Labute approximate surface area is 139 Å². The van der Waals surface area contributed by atoms with E-state index in [4.69, 9.17) is 5.73 Å². The van der Waals surface area contributed by atoms with Crippen LogP contribution < -0.4 is 5.73 Å². The molecule has 7 heteroatoms. The number of para-hydroxylation sites is 1. The number of nitrogens with one attached hydrogen (secondary N) is 1. The number of aromatic nitrogens is 3. The molecule has 0 atom stereocenters. The highest BCUT2D eigenvalue weighted by Gasteiger charge is 2.25. The maximum absolute atomic E-state index is 12.9. The highest BCUT2D eigenvalue weighted by Crippen LogP contribution is 2.33. The maximum Gasteiger partial charge on any atom is 0.212 e. The number of hydrogen-bond donors (Lipinski definition) is 2. The van der Waals surface area contributed by atoms with Crippen molar-refractivity contribution >= 4 is 32.6 Å². The number of hydrogen-bond acceptors (Lipinski definition) is 5. The van der Waals surface area contributed by atoms with Gasteiger partial charge >= 0.3 is 0 Å². The van der Waals surface area contributed by atoms with E-state index in [1.54, 1.807) is 18.2 Å². The van der Waals surface area contributed by atoms with Crippen molar-refractivity contribution in [1.82, 2.24) is 15.0 Å². The van der Waals surface area contributed by atoms with Crippen LogP contribution in [-0.2, 0) is 9.84 Å². The van der Waals surface area contributed by atoms with Crippen molar-refractivity contribution in [3.63, 3.8) is 0 Å². The second kappa shape index (κ2) is 5.45. The highest BCUT2D eigenvalue weighted by molar-refractivity contribution is 7.91. The van der Waals surface area contributed by atoms with Crippen LogP contribution in [0.5, 0.6) is 0 Å². The fraction of sp³-hybridized carbons (Fsp3) is 0.176. The molecule has 1 saturated carbocycles. The number of H-pyrrole nitrogens is 1. The molecule has 6 nitrogen and oxygen atoms in total. The van der Waals surface area contributed by atoms with Gasteiger partial charge in [0.05, 0.1) is 21.8 Å². The van der Waals surface area contributed by atoms with Gasteiger partial charge < -0.3 is 10.7 Å². The van der Waals surface area contributed by atoms with Crippen molar-refractivity contribution in [2.75, 3.05) is 5.73 Å². The third-order valence-corrected chi connectivity index (χ3v) is 5.94. The first-order chi connectivity index (χ1) is 11.6. The lowest BCUT2D eigenvalue weighted by Gasteiger charge is -2.05. The van der Waals surface area contributed by atoms with E-state index in [1.807, 2.05) is 6.08 Å². The molecule has 2 aromatic heterocycles. The van der Waals surface area contributed by atoms with E-state index < -0.39 is 9.84 Å². The van der Waals surface area contributed by atoms with Gasteiger partial charge in [-0.2, -0.15) is 0 Å². The molecule has 1 aliphatic carbocycles. The second-order valence-electron chi connectivity index (χ2n) is 5.87. The largest absolute Gasteiger partial charge is 0.398 e. The quantitative estimate of drug-likeness (QED) is 0.711. The average Bonchev–Trinajstić information content (AvgIpc) is 3.29. The zero-order chi connectivity index (χ0) is 16.7. The van der Waals surface area contributed by atoms with Crippen LogP contribution in [0.2, 0.25) is 0 Å². The summed E-state index contributed by atoms with van der Waals surface area (Å²) in [5, 5.41) is 0. The Hall–Kier alpha value is -2.67. The van der Waals surface area contributed by atoms with Crippen LogP contribution in [0.15, 0.2) is 52.7 Å². The molecule has 0 unspecified atom stereocenters. The summed E-state index contributed by atoms with van der Waals surface area (Å²) >= 11 is 0. The Morgan fingerprint density at radius 3 is 2.71 bits per heavy atom. The summed E-state index contributed by atoms with van der Waals surface area (Å²) in [5.74, 6) is 0.609. The number of rotatable bonds is 4. The average molecular weight is 340 g/mol. The summed E-state index contributed by atoms with van der Waals surface area (Å²) < 4.78 is 25.9. The standard InChI is InChI=1S/C17H16N4O2S/c18-12-3-1-2-4-14(12)24(22,23)15-9-19-16-13(8-7-11-5-6-11)20-10-21-17(15)16/h1-4,7-11,19H,5-6,18H2/b8-7+. The minimum Gasteiger partial charge on any atom is -0.398 e. The van der Waals surface area contributed by atoms with E-state index in [0.29, 0.717) is 22.6 Å². The molecule has 0 radical (unpaired) electrons. The Morgan fingerprint density at radius 1 is 1.17 bits per heavy atom. The summed E-state index contributed by atoms with van der Waals surface area (Å²) in [7, 11) is -3.76. The van der Waals surface area contributed by atoms with Gasteiger partial charge in [-0.3, -0.25) is 0 Å². The number of fused-ring (bicyclic) bond motifs is 1. The summed E-state index contributed by atoms with van der Waals surface area (Å²) in [5.41, 5.74) is 7.74. The third-order valence-electron chi connectivity index (χ3n) is 4.10. The molecule has 0 spiro atoms. The smallest absolute Gasteiger partial charge is 0.212 e. The zero-order valence-electron chi connectivity index (χ0n) is 12.8. The van der Waals surface area contributed by atoms with E-state index in [0.717, 1.165) is 0 Å². The first kappa shape index (κ1) is 14.9.